The molecule has 0 amide bonds. The van der Waals surface area contributed by atoms with Gasteiger partial charge in [-0.2, -0.15) is 0 Å². The van der Waals surface area contributed by atoms with E-state index < -0.39 is 0 Å². The summed E-state index contributed by atoms with van der Waals surface area (Å²) in [5.74, 6) is 0. The molecule has 0 aliphatic heterocycles. The number of hydrogen-bond donors (Lipinski definition) is 0. The highest BCUT2D eigenvalue weighted by atomic mass is 15.1. The molecule has 2 aromatic carbocycles. The number of rotatable bonds is 13. The molecule has 0 aliphatic rings. The summed E-state index contributed by atoms with van der Waals surface area (Å²) < 4.78 is 0. The predicted octanol–water partition coefficient (Wildman–Crippen LogP) is 9.92. The molecule has 180 valence electrons. The van der Waals surface area contributed by atoms with E-state index in [1.807, 2.05) is 78.9 Å². The fourth-order valence-corrected chi connectivity index (χ4v) is 3.70. The van der Waals surface area contributed by atoms with E-state index in [-0.39, 0.29) is 0 Å². The third-order valence-corrected chi connectivity index (χ3v) is 5.34. The van der Waals surface area contributed by atoms with Crippen LogP contribution in [0.25, 0.3) is 0 Å². The molecule has 0 saturated heterocycles. The second kappa shape index (κ2) is 15.3. The molecule has 0 fully saturated rings. The standard InChI is InChI=1S/C35H35N/c1-7-12-22-31(20-9-3)30(11-5)28-35(32(21-10-4)23-13-8-2)29(6)36(33-24-16-14-17-25-33)34-26-18-15-19-27-34/h7-28H,1-5H2,6H3/b22-12-,23-13-,30-28+,31-20+,32-21+,35-29+. The van der Waals surface area contributed by atoms with Crippen molar-refractivity contribution in [1.29, 1.82) is 0 Å². The van der Waals surface area contributed by atoms with Gasteiger partial charge in [0, 0.05) is 22.6 Å². The van der Waals surface area contributed by atoms with Gasteiger partial charge in [0.1, 0.15) is 0 Å². The van der Waals surface area contributed by atoms with Crippen molar-refractivity contribution in [2.24, 2.45) is 0 Å². The Morgan fingerprint density at radius 3 is 1.53 bits per heavy atom. The fraction of sp³-hybridized carbons (Fsp3) is 0.0286. The number of allylic oxidation sites excluding steroid dienone is 17. The zero-order chi connectivity index (χ0) is 26.2. The molecule has 0 N–H and O–H groups in total. The monoisotopic (exact) mass is 469 g/mol. The highest BCUT2D eigenvalue weighted by Gasteiger charge is 2.16. The van der Waals surface area contributed by atoms with Crippen molar-refractivity contribution in [1.82, 2.24) is 0 Å². The molecule has 0 unspecified atom stereocenters. The molecule has 0 aromatic heterocycles. The van der Waals surface area contributed by atoms with E-state index in [1.54, 1.807) is 24.3 Å². The molecule has 0 bridgehead atoms. The van der Waals surface area contributed by atoms with Crippen LogP contribution in [0, 0.1) is 0 Å². The van der Waals surface area contributed by atoms with Gasteiger partial charge in [-0.15, -0.1) is 0 Å². The molecule has 1 nitrogen and oxygen atoms in total. The highest BCUT2D eigenvalue weighted by molar-refractivity contribution is 5.71. The summed E-state index contributed by atoms with van der Waals surface area (Å²) in [5.41, 5.74) is 7.09. The third kappa shape index (κ3) is 7.72. The van der Waals surface area contributed by atoms with Crippen LogP contribution >= 0.6 is 0 Å². The molecule has 2 aromatic rings. The lowest BCUT2D eigenvalue weighted by Crippen LogP contribution is -2.16. The summed E-state index contributed by atoms with van der Waals surface area (Å²) >= 11 is 0. The summed E-state index contributed by atoms with van der Waals surface area (Å²) in [6, 6.07) is 20.7. The van der Waals surface area contributed by atoms with Gasteiger partial charge >= 0.3 is 0 Å². The maximum absolute atomic E-state index is 4.10. The topological polar surface area (TPSA) is 3.24 Å². The first kappa shape index (κ1) is 27.6. The van der Waals surface area contributed by atoms with Gasteiger partial charge in [-0.25, -0.2) is 0 Å². The van der Waals surface area contributed by atoms with Crippen LogP contribution in [0.4, 0.5) is 11.4 Å². The van der Waals surface area contributed by atoms with E-state index in [0.717, 1.165) is 39.4 Å². The normalized spacial score (nSPS) is 13.3. The lowest BCUT2D eigenvalue weighted by molar-refractivity contribution is 1.13. The van der Waals surface area contributed by atoms with Gasteiger partial charge < -0.3 is 4.90 Å². The lowest BCUT2D eigenvalue weighted by atomic mass is 9.95. The minimum absolute atomic E-state index is 0.949. The van der Waals surface area contributed by atoms with Gasteiger partial charge in [0.15, 0.2) is 0 Å². The number of benzene rings is 2. The van der Waals surface area contributed by atoms with E-state index >= 15 is 0 Å². The number of hydrogen-bond acceptors (Lipinski definition) is 1. The first-order valence-electron chi connectivity index (χ1n) is 11.8. The summed E-state index contributed by atoms with van der Waals surface area (Å²) in [6.07, 6.45) is 22.9. The van der Waals surface area contributed by atoms with Crippen LogP contribution in [0.3, 0.4) is 0 Å². The van der Waals surface area contributed by atoms with Crippen LogP contribution in [0.5, 0.6) is 0 Å². The van der Waals surface area contributed by atoms with Crippen LogP contribution in [0.2, 0.25) is 0 Å². The van der Waals surface area contributed by atoms with Gasteiger partial charge in [-0.3, -0.25) is 0 Å². The maximum Gasteiger partial charge on any atom is 0.0458 e. The third-order valence-electron chi connectivity index (χ3n) is 5.34. The Bertz CT molecular complexity index is 1200. The van der Waals surface area contributed by atoms with Crippen LogP contribution in [-0.2, 0) is 0 Å². The Labute approximate surface area is 217 Å². The lowest BCUT2D eigenvalue weighted by Gasteiger charge is -2.28. The van der Waals surface area contributed by atoms with Crippen molar-refractivity contribution in [3.05, 3.63) is 194 Å². The van der Waals surface area contributed by atoms with E-state index in [2.05, 4.69) is 75.1 Å². The van der Waals surface area contributed by atoms with Crippen molar-refractivity contribution in [2.75, 3.05) is 4.90 Å². The smallest absolute Gasteiger partial charge is 0.0458 e. The van der Waals surface area contributed by atoms with Crippen molar-refractivity contribution in [3.8, 4) is 0 Å². The second-order valence-electron chi connectivity index (χ2n) is 7.71. The molecular formula is C35H35N. The molecular weight excluding hydrogens is 434 g/mol. The summed E-state index contributed by atoms with van der Waals surface area (Å²) in [4.78, 5) is 2.25. The highest BCUT2D eigenvalue weighted by Crippen LogP contribution is 2.34. The number of para-hydroxylation sites is 2. The maximum atomic E-state index is 4.10. The van der Waals surface area contributed by atoms with Crippen molar-refractivity contribution in [2.45, 2.75) is 6.92 Å². The van der Waals surface area contributed by atoms with Gasteiger partial charge in [0.05, 0.1) is 0 Å². The quantitative estimate of drug-likeness (QED) is 0.264. The van der Waals surface area contributed by atoms with Gasteiger partial charge in [0.25, 0.3) is 0 Å². The zero-order valence-corrected chi connectivity index (χ0v) is 21.2. The molecule has 0 aliphatic carbocycles. The van der Waals surface area contributed by atoms with E-state index in [9.17, 15) is 0 Å². The van der Waals surface area contributed by atoms with Gasteiger partial charge in [-0.1, -0.05) is 136 Å². The molecule has 2 rings (SSSR count). The molecule has 0 saturated carbocycles. The average molecular weight is 470 g/mol. The Morgan fingerprint density at radius 1 is 0.611 bits per heavy atom. The largest absolute Gasteiger partial charge is 0.314 e. The zero-order valence-electron chi connectivity index (χ0n) is 21.2. The molecule has 0 atom stereocenters. The second-order valence-corrected chi connectivity index (χ2v) is 7.71. The van der Waals surface area contributed by atoms with Crippen molar-refractivity contribution < 1.29 is 0 Å². The first-order chi connectivity index (χ1) is 17.6. The van der Waals surface area contributed by atoms with Crippen LogP contribution in [0.1, 0.15) is 6.92 Å². The Kier molecular flexibility index (Phi) is 11.8. The molecule has 1 heteroatoms. The van der Waals surface area contributed by atoms with Crippen LogP contribution in [-0.4, -0.2) is 0 Å². The fourth-order valence-electron chi connectivity index (χ4n) is 3.70. The Hall–Kier alpha value is -4.62. The molecule has 0 radical (unpaired) electrons. The first-order valence-corrected chi connectivity index (χ1v) is 11.8. The van der Waals surface area contributed by atoms with E-state index in [1.165, 1.54) is 0 Å². The minimum atomic E-state index is 0.949. The van der Waals surface area contributed by atoms with Gasteiger partial charge in [-0.05, 0) is 54.0 Å². The summed E-state index contributed by atoms with van der Waals surface area (Å²) in [6.45, 7) is 21.7. The number of nitrogens with zero attached hydrogens (tertiary/aromatic N) is 1. The van der Waals surface area contributed by atoms with Crippen LogP contribution < -0.4 is 4.90 Å². The van der Waals surface area contributed by atoms with Gasteiger partial charge in [0.2, 0.25) is 0 Å². The molecule has 0 heterocycles. The SMILES string of the molecule is C=C\C=C/C(=C\C=C)C(/C=C)=C/C(C(/C=C\C=C)=C/C=C)=C(/C)N(c1ccccc1)c1ccccc1. The average Bonchev–Trinajstić information content (AvgIpc) is 2.91. The predicted molar refractivity (Wildman–Crippen MR) is 161 cm³/mol. The summed E-state index contributed by atoms with van der Waals surface area (Å²) in [5, 5.41) is 0. The Balaban J connectivity index is 2.96. The van der Waals surface area contributed by atoms with Crippen molar-refractivity contribution in [3.63, 3.8) is 0 Å². The molecule has 36 heavy (non-hydrogen) atoms. The Morgan fingerprint density at radius 2 is 1.08 bits per heavy atom. The molecule has 0 spiro atoms. The summed E-state index contributed by atoms with van der Waals surface area (Å²) in [7, 11) is 0. The van der Waals surface area contributed by atoms with Crippen molar-refractivity contribution >= 4 is 11.4 Å². The number of anilines is 2. The van der Waals surface area contributed by atoms with E-state index in [4.69, 9.17) is 0 Å². The van der Waals surface area contributed by atoms with Crippen LogP contribution in [0.15, 0.2) is 194 Å². The minimum Gasteiger partial charge on any atom is -0.314 e. The van der Waals surface area contributed by atoms with E-state index in [0.29, 0.717) is 0 Å².